The topological polar surface area (TPSA) is 56.7 Å². The SMILES string of the molecule is CC(C)Cc1cc(-c2[c-]cccc2)ncc1[Si](C)(C)C.Cc1cc(C)c(-n2c(-c3[c-]cc(C(C)C)c4c3oc3nc(C)ccc34)nc3ccccc32)c(C)c1.[Ir]. The molecule has 0 aliphatic carbocycles. The van der Waals surface area contributed by atoms with Crippen LogP contribution in [0.3, 0.4) is 0 Å². The Balaban J connectivity index is 0.000000217. The van der Waals surface area contributed by atoms with Crippen molar-refractivity contribution in [2.45, 2.75) is 87.4 Å². The van der Waals surface area contributed by atoms with E-state index in [0.717, 1.165) is 67.8 Å². The summed E-state index contributed by atoms with van der Waals surface area (Å²) < 4.78 is 8.75. The van der Waals surface area contributed by atoms with Crippen LogP contribution >= 0.6 is 0 Å². The van der Waals surface area contributed by atoms with Crippen molar-refractivity contribution in [2.75, 3.05) is 0 Å². The van der Waals surface area contributed by atoms with Gasteiger partial charge in [0.1, 0.15) is 0 Å². The van der Waals surface area contributed by atoms with Crippen LogP contribution in [0.25, 0.3) is 61.4 Å². The Kier molecular flexibility index (Phi) is 12.0. The third kappa shape index (κ3) is 8.09. The number of hydrogen-bond acceptors (Lipinski definition) is 4. The Hall–Kier alpha value is -4.68. The molecule has 0 atom stereocenters. The molecule has 289 valence electrons. The van der Waals surface area contributed by atoms with Gasteiger partial charge in [-0.3, -0.25) is 4.98 Å². The molecule has 0 amide bonds. The third-order valence-electron chi connectivity index (χ3n) is 10.3. The number of para-hydroxylation sites is 2. The molecular formula is C49H52IrN4OSi-2. The van der Waals surface area contributed by atoms with Gasteiger partial charge in [-0.25, -0.2) is 4.98 Å². The van der Waals surface area contributed by atoms with Crippen LogP contribution in [0.5, 0.6) is 0 Å². The monoisotopic (exact) mass is 933 g/mol. The maximum absolute atomic E-state index is 6.48. The molecule has 56 heavy (non-hydrogen) atoms. The minimum atomic E-state index is -1.34. The summed E-state index contributed by atoms with van der Waals surface area (Å²) in [5, 5.41) is 3.63. The minimum absolute atomic E-state index is 0. The van der Waals surface area contributed by atoms with Gasteiger partial charge in [0.25, 0.3) is 0 Å². The average molecular weight is 933 g/mol. The van der Waals surface area contributed by atoms with Crippen LogP contribution in [0.15, 0.2) is 95.5 Å². The molecule has 0 saturated carbocycles. The molecule has 8 aromatic rings. The van der Waals surface area contributed by atoms with Crippen LogP contribution in [0.1, 0.15) is 67.1 Å². The fourth-order valence-corrected chi connectivity index (χ4v) is 9.46. The molecule has 0 fully saturated rings. The Morgan fingerprint density at radius 1 is 0.821 bits per heavy atom. The van der Waals surface area contributed by atoms with E-state index >= 15 is 0 Å². The van der Waals surface area contributed by atoms with Crippen molar-refractivity contribution < 1.29 is 24.5 Å². The van der Waals surface area contributed by atoms with E-state index in [-0.39, 0.29) is 20.1 Å². The standard InChI is InChI=1S/C31H28N3O.C18H24NSi.Ir/c1-17(2)22-13-14-24(29-27(22)23-12-11-21(6)32-31(23)35-29)30-33-25-9-7-8-10-26(25)34(30)28-19(4)15-18(3)16-20(28)5;1-14(2)11-16-12-17(15-9-7-6-8-10-15)19-13-18(16)20(3,4)5;/h7-13,15-17H,1-6H3;6-9,12-14H,11H2,1-5H3;/q2*-1;. The van der Waals surface area contributed by atoms with Crippen molar-refractivity contribution in [3.05, 3.63) is 137 Å². The maximum atomic E-state index is 6.48. The Bertz CT molecular complexity index is 2640. The zero-order chi connectivity index (χ0) is 39.2. The molecule has 4 aromatic carbocycles. The fourth-order valence-electron chi connectivity index (χ4n) is 7.87. The Labute approximate surface area is 347 Å². The van der Waals surface area contributed by atoms with Crippen molar-refractivity contribution in [2.24, 2.45) is 5.92 Å². The van der Waals surface area contributed by atoms with Gasteiger partial charge in [-0.2, -0.15) is 0 Å². The van der Waals surface area contributed by atoms with E-state index in [9.17, 15) is 0 Å². The van der Waals surface area contributed by atoms with Gasteiger partial charge in [-0.1, -0.05) is 106 Å². The molecule has 0 spiro atoms. The van der Waals surface area contributed by atoms with Crippen LogP contribution < -0.4 is 5.19 Å². The maximum Gasteiger partial charge on any atom is 0.216 e. The Morgan fingerprint density at radius 3 is 2.20 bits per heavy atom. The normalized spacial score (nSPS) is 11.7. The molecule has 8 rings (SSSR count). The number of rotatable bonds is 7. The van der Waals surface area contributed by atoms with E-state index in [0.29, 0.717) is 17.5 Å². The molecule has 5 nitrogen and oxygen atoms in total. The van der Waals surface area contributed by atoms with E-state index in [4.69, 9.17) is 14.4 Å². The number of aromatic nitrogens is 4. The van der Waals surface area contributed by atoms with Crippen LogP contribution in [-0.4, -0.2) is 27.6 Å². The van der Waals surface area contributed by atoms with Crippen molar-refractivity contribution in [3.63, 3.8) is 0 Å². The van der Waals surface area contributed by atoms with Crippen molar-refractivity contribution in [1.29, 1.82) is 0 Å². The van der Waals surface area contributed by atoms with Crippen LogP contribution in [0.2, 0.25) is 19.6 Å². The molecule has 0 aliphatic heterocycles. The largest absolute Gasteiger partial charge is 0.486 e. The molecule has 0 unspecified atom stereocenters. The summed E-state index contributed by atoms with van der Waals surface area (Å²) in [5.74, 6) is 1.82. The second-order valence-electron chi connectivity index (χ2n) is 16.7. The minimum Gasteiger partial charge on any atom is -0.486 e. The number of imidazole rings is 1. The first-order valence-corrected chi connectivity index (χ1v) is 23.0. The Morgan fingerprint density at radius 2 is 1.54 bits per heavy atom. The first kappa shape index (κ1) is 41.0. The first-order chi connectivity index (χ1) is 26.2. The van der Waals surface area contributed by atoms with Gasteiger partial charge < -0.3 is 14.0 Å². The summed E-state index contributed by atoms with van der Waals surface area (Å²) in [4.78, 5) is 14.5. The van der Waals surface area contributed by atoms with Crippen molar-refractivity contribution in [1.82, 2.24) is 19.5 Å². The van der Waals surface area contributed by atoms with Gasteiger partial charge in [-0.15, -0.1) is 53.6 Å². The predicted molar refractivity (Wildman–Crippen MR) is 233 cm³/mol. The molecule has 1 radical (unpaired) electrons. The summed E-state index contributed by atoms with van der Waals surface area (Å²) >= 11 is 0. The van der Waals surface area contributed by atoms with Gasteiger partial charge in [-0.05, 0) is 86.3 Å². The van der Waals surface area contributed by atoms with Gasteiger partial charge in [0, 0.05) is 43.1 Å². The number of aryl methyl sites for hydroxylation is 4. The molecule has 0 bridgehead atoms. The summed E-state index contributed by atoms with van der Waals surface area (Å²) in [5.41, 5.74) is 14.9. The third-order valence-corrected chi connectivity index (χ3v) is 12.3. The van der Waals surface area contributed by atoms with Gasteiger partial charge in [0.15, 0.2) is 0 Å². The van der Waals surface area contributed by atoms with Gasteiger partial charge >= 0.3 is 0 Å². The smallest absolute Gasteiger partial charge is 0.216 e. The number of hydrogen-bond donors (Lipinski definition) is 0. The number of furan rings is 1. The van der Waals surface area contributed by atoms with Crippen LogP contribution in [-0.2, 0) is 26.5 Å². The summed E-state index contributed by atoms with van der Waals surface area (Å²) in [6, 6.07) is 36.2. The first-order valence-electron chi connectivity index (χ1n) is 19.5. The average Bonchev–Trinajstić information content (AvgIpc) is 3.69. The number of benzene rings is 4. The second kappa shape index (κ2) is 16.4. The van der Waals surface area contributed by atoms with Gasteiger partial charge in [0.05, 0.1) is 30.5 Å². The molecule has 4 heterocycles. The zero-order valence-electron chi connectivity index (χ0n) is 34.6. The second-order valence-corrected chi connectivity index (χ2v) is 21.8. The molecular weight excluding hydrogens is 881 g/mol. The predicted octanol–water partition coefficient (Wildman–Crippen LogP) is 12.4. The van der Waals surface area contributed by atoms with Gasteiger partial charge in [0.2, 0.25) is 5.71 Å². The molecule has 7 heteroatoms. The van der Waals surface area contributed by atoms with Crippen LogP contribution in [0.4, 0.5) is 0 Å². The van der Waals surface area contributed by atoms with E-state index in [2.05, 4.69) is 151 Å². The van der Waals surface area contributed by atoms with E-state index in [1.54, 1.807) is 0 Å². The molecule has 0 N–H and O–H groups in total. The van der Waals surface area contributed by atoms with Crippen molar-refractivity contribution >= 4 is 46.4 Å². The number of pyridine rings is 2. The molecule has 0 aliphatic rings. The molecule has 0 saturated heterocycles. The summed E-state index contributed by atoms with van der Waals surface area (Å²) in [7, 11) is -1.34. The van der Waals surface area contributed by atoms with Crippen LogP contribution in [0, 0.1) is 45.7 Å². The summed E-state index contributed by atoms with van der Waals surface area (Å²) in [6.07, 6.45) is 3.24. The zero-order valence-corrected chi connectivity index (χ0v) is 37.9. The quantitative estimate of drug-likeness (QED) is 0.118. The number of nitrogens with zero attached hydrogens (tertiary/aromatic N) is 4. The van der Waals surface area contributed by atoms with E-state index in [1.165, 1.54) is 33.0 Å². The fraction of sp³-hybridized carbons (Fsp3) is 0.286. The summed E-state index contributed by atoms with van der Waals surface area (Å²) in [6.45, 7) is 24.6. The van der Waals surface area contributed by atoms with Crippen molar-refractivity contribution in [3.8, 4) is 28.3 Å². The van der Waals surface area contributed by atoms with E-state index < -0.39 is 8.07 Å². The van der Waals surface area contributed by atoms with E-state index in [1.807, 2.05) is 37.3 Å². The number of fused-ring (bicyclic) bond motifs is 4. The molecule has 4 aromatic heterocycles.